The van der Waals surface area contributed by atoms with Crippen molar-refractivity contribution in [2.24, 2.45) is 5.73 Å². The molecule has 1 unspecified atom stereocenters. The van der Waals surface area contributed by atoms with E-state index in [1.807, 2.05) is 13.8 Å². The van der Waals surface area contributed by atoms with Crippen LogP contribution in [0.3, 0.4) is 0 Å². The van der Waals surface area contributed by atoms with Crippen LogP contribution in [0.2, 0.25) is 0 Å². The van der Waals surface area contributed by atoms with Gasteiger partial charge in [0.2, 0.25) is 0 Å². The van der Waals surface area contributed by atoms with Gasteiger partial charge in [0.1, 0.15) is 0 Å². The molecule has 0 rings (SSSR count). The Hall–Kier alpha value is -0.340. The van der Waals surface area contributed by atoms with Crippen LogP contribution in [0.4, 0.5) is 0 Å². The molecule has 0 aromatic rings. The summed E-state index contributed by atoms with van der Waals surface area (Å²) in [5.74, 6) is 0. The van der Waals surface area contributed by atoms with Gasteiger partial charge in [0, 0.05) is 13.2 Å². The molecule has 0 aliphatic heterocycles. The van der Waals surface area contributed by atoms with Crippen molar-refractivity contribution < 1.29 is 4.74 Å². The lowest BCUT2D eigenvalue weighted by molar-refractivity contribution is 0.0132. The largest absolute Gasteiger partial charge is 0.379 e. The molecule has 1 atom stereocenters. The average molecular weight is 143 g/mol. The minimum absolute atomic E-state index is 0.0370. The molecule has 0 fully saturated rings. The molecule has 0 bridgehead atoms. The second-order valence-electron chi connectivity index (χ2n) is 3.07. The molecule has 0 amide bonds. The van der Waals surface area contributed by atoms with Crippen molar-refractivity contribution in [2.45, 2.75) is 31.9 Å². The van der Waals surface area contributed by atoms with Crippen molar-refractivity contribution >= 4 is 0 Å². The first-order valence-corrected chi connectivity index (χ1v) is 3.45. The zero-order valence-electron chi connectivity index (χ0n) is 7.05. The van der Waals surface area contributed by atoms with E-state index in [9.17, 15) is 0 Å². The van der Waals surface area contributed by atoms with Gasteiger partial charge in [0.15, 0.2) is 0 Å². The van der Waals surface area contributed by atoms with E-state index >= 15 is 0 Å². The normalized spacial score (nSPS) is 14.8. The highest BCUT2D eigenvalue weighted by Crippen LogP contribution is 2.14. The van der Waals surface area contributed by atoms with Gasteiger partial charge < -0.3 is 10.5 Å². The maximum Gasteiger partial charge on any atom is 0.0640 e. The van der Waals surface area contributed by atoms with Gasteiger partial charge in [0.05, 0.1) is 5.60 Å². The molecule has 0 saturated carbocycles. The van der Waals surface area contributed by atoms with Crippen molar-refractivity contribution in [3.05, 3.63) is 12.7 Å². The molecule has 2 nitrogen and oxygen atoms in total. The molecule has 2 heteroatoms. The Morgan fingerprint density at radius 2 is 2.20 bits per heavy atom. The number of nitrogens with two attached hydrogens (primary N) is 1. The van der Waals surface area contributed by atoms with Gasteiger partial charge in [-0.2, -0.15) is 0 Å². The molecular formula is C8H17NO. The molecule has 0 aromatic carbocycles. The molecule has 2 N–H and O–H groups in total. The average Bonchev–Trinajstić information content (AvgIpc) is 1.87. The van der Waals surface area contributed by atoms with E-state index in [0.717, 1.165) is 6.42 Å². The number of methoxy groups -OCH3 is 1. The van der Waals surface area contributed by atoms with Crippen LogP contribution in [-0.4, -0.2) is 18.8 Å². The molecule has 0 spiro atoms. The Kier molecular flexibility index (Phi) is 3.61. The predicted molar refractivity (Wildman–Crippen MR) is 43.9 cm³/mol. The summed E-state index contributed by atoms with van der Waals surface area (Å²) >= 11 is 0. The summed E-state index contributed by atoms with van der Waals surface area (Å²) in [5.41, 5.74) is 5.51. The van der Waals surface area contributed by atoms with Crippen LogP contribution in [-0.2, 0) is 4.74 Å². The fourth-order valence-corrected chi connectivity index (χ4v) is 0.734. The first kappa shape index (κ1) is 9.66. The summed E-state index contributed by atoms with van der Waals surface area (Å²) in [7, 11) is 1.69. The Balaban J connectivity index is 3.75. The Morgan fingerprint density at radius 1 is 1.70 bits per heavy atom. The molecule has 0 aromatic heterocycles. The highest BCUT2D eigenvalue weighted by atomic mass is 16.5. The van der Waals surface area contributed by atoms with E-state index in [1.165, 1.54) is 0 Å². The highest BCUT2D eigenvalue weighted by Gasteiger charge is 2.18. The van der Waals surface area contributed by atoms with E-state index in [2.05, 4.69) is 6.58 Å². The van der Waals surface area contributed by atoms with Gasteiger partial charge in [-0.25, -0.2) is 0 Å². The van der Waals surface area contributed by atoms with Crippen molar-refractivity contribution in [2.75, 3.05) is 7.11 Å². The second kappa shape index (κ2) is 3.74. The summed E-state index contributed by atoms with van der Waals surface area (Å²) < 4.78 is 5.18. The van der Waals surface area contributed by atoms with Gasteiger partial charge in [-0.1, -0.05) is 6.08 Å². The number of rotatable bonds is 4. The van der Waals surface area contributed by atoms with Crippen molar-refractivity contribution in [3.63, 3.8) is 0 Å². The molecular weight excluding hydrogens is 126 g/mol. The van der Waals surface area contributed by atoms with E-state index in [1.54, 1.807) is 13.2 Å². The number of ether oxygens (including phenoxy) is 1. The quantitative estimate of drug-likeness (QED) is 0.602. The van der Waals surface area contributed by atoms with Crippen LogP contribution in [0.5, 0.6) is 0 Å². The third-order valence-electron chi connectivity index (χ3n) is 1.58. The lowest BCUT2D eigenvalue weighted by Gasteiger charge is -2.24. The lowest BCUT2D eigenvalue weighted by atomic mass is 10.00. The summed E-state index contributed by atoms with van der Waals surface area (Å²) in [6, 6.07) is 0.0370. The van der Waals surface area contributed by atoms with Gasteiger partial charge in [0.25, 0.3) is 0 Å². The molecule has 0 aliphatic carbocycles. The zero-order valence-corrected chi connectivity index (χ0v) is 7.05. The van der Waals surface area contributed by atoms with Crippen LogP contribution < -0.4 is 5.73 Å². The van der Waals surface area contributed by atoms with Crippen LogP contribution in [0.25, 0.3) is 0 Å². The van der Waals surface area contributed by atoms with Gasteiger partial charge in [-0.05, 0) is 20.3 Å². The molecule has 10 heavy (non-hydrogen) atoms. The summed E-state index contributed by atoms with van der Waals surface area (Å²) in [6.45, 7) is 7.62. The van der Waals surface area contributed by atoms with Crippen molar-refractivity contribution in [3.8, 4) is 0 Å². The maximum atomic E-state index is 5.64. The molecule has 0 radical (unpaired) electrons. The highest BCUT2D eigenvalue weighted by molar-refractivity contribution is 4.87. The molecule has 0 heterocycles. The summed E-state index contributed by atoms with van der Waals surface area (Å²) in [6.07, 6.45) is 2.55. The SMILES string of the molecule is C=CC(N)CC(C)(C)OC. The topological polar surface area (TPSA) is 35.2 Å². The standard InChI is InChI=1S/C8H17NO/c1-5-7(9)6-8(2,3)10-4/h5,7H,1,6,9H2,2-4H3. The smallest absolute Gasteiger partial charge is 0.0640 e. The Labute approximate surface area is 63.1 Å². The van der Waals surface area contributed by atoms with Gasteiger partial charge >= 0.3 is 0 Å². The summed E-state index contributed by atoms with van der Waals surface area (Å²) in [5, 5.41) is 0. The first-order chi connectivity index (χ1) is 4.52. The third kappa shape index (κ3) is 3.64. The monoisotopic (exact) mass is 143 g/mol. The maximum absolute atomic E-state index is 5.64. The predicted octanol–water partition coefficient (Wildman–Crippen LogP) is 1.31. The minimum atomic E-state index is -0.131. The first-order valence-electron chi connectivity index (χ1n) is 3.45. The minimum Gasteiger partial charge on any atom is -0.379 e. The van der Waals surface area contributed by atoms with E-state index < -0.39 is 0 Å². The lowest BCUT2D eigenvalue weighted by Crippen LogP contribution is -2.32. The third-order valence-corrected chi connectivity index (χ3v) is 1.58. The summed E-state index contributed by atoms with van der Waals surface area (Å²) in [4.78, 5) is 0. The van der Waals surface area contributed by atoms with Crippen LogP contribution in [0, 0.1) is 0 Å². The van der Waals surface area contributed by atoms with Crippen LogP contribution in [0.1, 0.15) is 20.3 Å². The zero-order chi connectivity index (χ0) is 8.20. The number of hydrogen-bond acceptors (Lipinski definition) is 2. The van der Waals surface area contributed by atoms with Crippen LogP contribution >= 0.6 is 0 Å². The van der Waals surface area contributed by atoms with Crippen LogP contribution in [0.15, 0.2) is 12.7 Å². The molecule has 60 valence electrons. The fraction of sp³-hybridized carbons (Fsp3) is 0.750. The number of hydrogen-bond donors (Lipinski definition) is 1. The molecule has 0 saturated heterocycles. The van der Waals surface area contributed by atoms with E-state index in [-0.39, 0.29) is 11.6 Å². The molecule has 0 aliphatic rings. The van der Waals surface area contributed by atoms with Crippen molar-refractivity contribution in [1.29, 1.82) is 0 Å². The van der Waals surface area contributed by atoms with E-state index in [4.69, 9.17) is 10.5 Å². The Bertz CT molecular complexity index is 110. The van der Waals surface area contributed by atoms with E-state index in [0.29, 0.717) is 0 Å². The Morgan fingerprint density at radius 3 is 2.50 bits per heavy atom. The van der Waals surface area contributed by atoms with Gasteiger partial charge in [-0.3, -0.25) is 0 Å². The second-order valence-corrected chi connectivity index (χ2v) is 3.07. The fourth-order valence-electron chi connectivity index (χ4n) is 0.734. The van der Waals surface area contributed by atoms with Gasteiger partial charge in [-0.15, -0.1) is 6.58 Å². The van der Waals surface area contributed by atoms with Crippen molar-refractivity contribution in [1.82, 2.24) is 0 Å².